The molecule has 120 valence electrons. The van der Waals surface area contributed by atoms with E-state index in [0.29, 0.717) is 11.0 Å². The molecule has 0 bridgehead atoms. The molecular formula is C21H24O2. The van der Waals surface area contributed by atoms with Crippen molar-refractivity contribution < 1.29 is 4.42 Å². The quantitative estimate of drug-likeness (QED) is 0.552. The van der Waals surface area contributed by atoms with Crippen molar-refractivity contribution in [2.75, 3.05) is 0 Å². The second-order valence-electron chi connectivity index (χ2n) is 6.27. The Morgan fingerprint density at radius 2 is 1.65 bits per heavy atom. The van der Waals surface area contributed by atoms with Crippen molar-refractivity contribution in [2.45, 2.75) is 52.4 Å². The summed E-state index contributed by atoms with van der Waals surface area (Å²) >= 11 is 0. The lowest BCUT2D eigenvalue weighted by Gasteiger charge is -2.10. The second kappa shape index (κ2) is 6.99. The van der Waals surface area contributed by atoms with Crippen LogP contribution in [0.2, 0.25) is 0 Å². The van der Waals surface area contributed by atoms with Gasteiger partial charge in [-0.3, -0.25) is 4.79 Å². The van der Waals surface area contributed by atoms with Crippen LogP contribution in [0.25, 0.3) is 21.9 Å². The lowest BCUT2D eigenvalue weighted by Crippen LogP contribution is -2.05. The van der Waals surface area contributed by atoms with Gasteiger partial charge in [0.15, 0.2) is 0 Å². The monoisotopic (exact) mass is 308 g/mol. The molecule has 0 aliphatic rings. The highest BCUT2D eigenvalue weighted by atomic mass is 16.3. The fourth-order valence-corrected chi connectivity index (χ4v) is 3.12. The first kappa shape index (κ1) is 15.8. The van der Waals surface area contributed by atoms with Crippen LogP contribution in [0.4, 0.5) is 0 Å². The third-order valence-electron chi connectivity index (χ3n) is 4.43. The van der Waals surface area contributed by atoms with Gasteiger partial charge in [0.2, 0.25) is 5.43 Å². The van der Waals surface area contributed by atoms with Gasteiger partial charge < -0.3 is 4.42 Å². The maximum atomic E-state index is 12.9. The van der Waals surface area contributed by atoms with Crippen molar-refractivity contribution in [3.05, 3.63) is 57.7 Å². The first-order chi connectivity index (χ1) is 11.2. The first-order valence-corrected chi connectivity index (χ1v) is 8.72. The minimum absolute atomic E-state index is 0.0953. The normalized spacial score (nSPS) is 11.4. The summed E-state index contributed by atoms with van der Waals surface area (Å²) in [4.78, 5) is 12.9. The molecule has 0 aliphatic heterocycles. The number of unbranched alkanes of at least 4 members (excludes halogenated alkanes) is 2. The third kappa shape index (κ3) is 3.17. The van der Waals surface area contributed by atoms with E-state index in [1.165, 1.54) is 11.1 Å². The number of aryl methyl sites for hydroxylation is 2. The van der Waals surface area contributed by atoms with Crippen molar-refractivity contribution in [3.8, 4) is 0 Å². The van der Waals surface area contributed by atoms with Crippen LogP contribution in [0, 0.1) is 0 Å². The lowest BCUT2D eigenvalue weighted by atomic mass is 9.98. The van der Waals surface area contributed by atoms with Gasteiger partial charge in [-0.25, -0.2) is 0 Å². The maximum Gasteiger partial charge on any atom is 0.200 e. The van der Waals surface area contributed by atoms with Crippen molar-refractivity contribution in [1.29, 1.82) is 0 Å². The number of fused-ring (bicyclic) bond motifs is 2. The number of hydrogen-bond acceptors (Lipinski definition) is 2. The topological polar surface area (TPSA) is 30.2 Å². The van der Waals surface area contributed by atoms with E-state index >= 15 is 0 Å². The zero-order chi connectivity index (χ0) is 16.2. The van der Waals surface area contributed by atoms with Crippen molar-refractivity contribution in [2.24, 2.45) is 0 Å². The van der Waals surface area contributed by atoms with Gasteiger partial charge in [-0.2, -0.15) is 0 Å². The summed E-state index contributed by atoms with van der Waals surface area (Å²) in [5.41, 5.74) is 4.00. The van der Waals surface area contributed by atoms with E-state index in [1.54, 1.807) is 0 Å². The average Bonchev–Trinajstić information content (AvgIpc) is 2.58. The van der Waals surface area contributed by atoms with Crippen LogP contribution in [0.3, 0.4) is 0 Å². The molecule has 0 fully saturated rings. The molecule has 0 unspecified atom stereocenters. The van der Waals surface area contributed by atoms with Gasteiger partial charge in [0.1, 0.15) is 11.2 Å². The van der Waals surface area contributed by atoms with Crippen LogP contribution in [0.5, 0.6) is 0 Å². The summed E-state index contributed by atoms with van der Waals surface area (Å²) in [6.45, 7) is 4.38. The third-order valence-corrected chi connectivity index (χ3v) is 4.43. The number of benzene rings is 2. The molecule has 1 heterocycles. The molecule has 0 amide bonds. The Labute approximate surface area is 137 Å². The van der Waals surface area contributed by atoms with Gasteiger partial charge in [0.25, 0.3) is 0 Å². The van der Waals surface area contributed by atoms with Gasteiger partial charge in [-0.05, 0) is 55.0 Å². The molecule has 0 radical (unpaired) electrons. The van der Waals surface area contributed by atoms with Gasteiger partial charge in [0.05, 0.1) is 10.8 Å². The predicted molar refractivity (Wildman–Crippen MR) is 97.2 cm³/mol. The Kier molecular flexibility index (Phi) is 4.80. The zero-order valence-corrected chi connectivity index (χ0v) is 14.0. The number of rotatable bonds is 6. The Morgan fingerprint density at radius 1 is 0.913 bits per heavy atom. The first-order valence-electron chi connectivity index (χ1n) is 8.72. The van der Waals surface area contributed by atoms with E-state index in [0.717, 1.165) is 49.5 Å². The summed E-state index contributed by atoms with van der Waals surface area (Å²) in [7, 11) is 0. The molecule has 3 aromatic rings. The molecule has 0 N–H and O–H groups in total. The molecule has 2 nitrogen and oxygen atoms in total. The van der Waals surface area contributed by atoms with Crippen LogP contribution in [-0.2, 0) is 12.8 Å². The summed E-state index contributed by atoms with van der Waals surface area (Å²) in [6.07, 6.45) is 6.56. The lowest BCUT2D eigenvalue weighted by molar-refractivity contribution is 0.649. The molecule has 0 atom stereocenters. The van der Waals surface area contributed by atoms with Crippen LogP contribution < -0.4 is 5.43 Å². The van der Waals surface area contributed by atoms with Gasteiger partial charge in [-0.1, -0.05) is 44.9 Å². The Hall–Kier alpha value is -2.09. The largest absolute Gasteiger partial charge is 0.456 e. The molecule has 0 aliphatic carbocycles. The minimum atomic E-state index is 0.0953. The Morgan fingerprint density at radius 3 is 2.43 bits per heavy atom. The van der Waals surface area contributed by atoms with Crippen LogP contribution in [0.15, 0.2) is 45.6 Å². The van der Waals surface area contributed by atoms with Crippen LogP contribution in [-0.4, -0.2) is 0 Å². The molecule has 2 heteroatoms. The zero-order valence-electron chi connectivity index (χ0n) is 14.0. The van der Waals surface area contributed by atoms with E-state index in [9.17, 15) is 4.79 Å². The fraction of sp³-hybridized carbons (Fsp3) is 0.381. The molecule has 0 spiro atoms. The predicted octanol–water partition coefficient (Wildman–Crippen LogP) is 5.63. The minimum Gasteiger partial charge on any atom is -0.456 e. The fourth-order valence-electron chi connectivity index (χ4n) is 3.12. The second-order valence-corrected chi connectivity index (χ2v) is 6.27. The van der Waals surface area contributed by atoms with Crippen LogP contribution in [0.1, 0.15) is 50.7 Å². The summed E-state index contributed by atoms with van der Waals surface area (Å²) in [5, 5.41) is 1.41. The Balaban J connectivity index is 2.25. The highest BCUT2D eigenvalue weighted by Crippen LogP contribution is 2.25. The summed E-state index contributed by atoms with van der Waals surface area (Å²) in [5.74, 6) is 0. The van der Waals surface area contributed by atoms with E-state index < -0.39 is 0 Å². The van der Waals surface area contributed by atoms with Gasteiger partial charge >= 0.3 is 0 Å². The molecule has 0 saturated carbocycles. The van der Waals surface area contributed by atoms with E-state index in [1.807, 2.05) is 30.3 Å². The van der Waals surface area contributed by atoms with Gasteiger partial charge in [0, 0.05) is 0 Å². The molecule has 1 aromatic heterocycles. The highest BCUT2D eigenvalue weighted by Gasteiger charge is 2.12. The maximum absolute atomic E-state index is 12.9. The van der Waals surface area contributed by atoms with Crippen molar-refractivity contribution in [3.63, 3.8) is 0 Å². The SMILES string of the molecule is CCCCc1cc(CCCC)c2oc3ccccc3c(=O)c2c1. The number of hydrogen-bond donors (Lipinski definition) is 0. The van der Waals surface area contributed by atoms with Gasteiger partial charge in [-0.15, -0.1) is 0 Å². The Bertz CT molecular complexity index is 874. The number of para-hydroxylation sites is 1. The smallest absolute Gasteiger partial charge is 0.200 e. The molecule has 3 rings (SSSR count). The van der Waals surface area contributed by atoms with Crippen molar-refractivity contribution in [1.82, 2.24) is 0 Å². The highest BCUT2D eigenvalue weighted by molar-refractivity contribution is 5.91. The standard InChI is InChI=1S/C21H24O2/c1-3-5-9-15-13-16(10-6-4-2)21-18(14-15)20(22)17-11-7-8-12-19(17)23-21/h7-8,11-14H,3-6,9-10H2,1-2H3. The van der Waals surface area contributed by atoms with E-state index in [2.05, 4.69) is 19.9 Å². The van der Waals surface area contributed by atoms with Crippen molar-refractivity contribution >= 4 is 21.9 Å². The summed E-state index contributed by atoms with van der Waals surface area (Å²) < 4.78 is 6.11. The van der Waals surface area contributed by atoms with E-state index in [-0.39, 0.29) is 5.43 Å². The average molecular weight is 308 g/mol. The molecule has 2 aromatic carbocycles. The molecular weight excluding hydrogens is 284 g/mol. The van der Waals surface area contributed by atoms with E-state index in [4.69, 9.17) is 4.42 Å². The van der Waals surface area contributed by atoms with Crippen LogP contribution >= 0.6 is 0 Å². The molecule has 0 saturated heterocycles. The molecule has 23 heavy (non-hydrogen) atoms. The summed E-state index contributed by atoms with van der Waals surface area (Å²) in [6, 6.07) is 11.8.